The van der Waals surface area contributed by atoms with E-state index in [9.17, 15) is 0 Å². The first kappa shape index (κ1) is 51.5. The molecule has 0 nitrogen and oxygen atoms in total. The summed E-state index contributed by atoms with van der Waals surface area (Å²) in [4.78, 5) is 0. The molecule has 1 rings (SSSR count). The van der Waals surface area contributed by atoms with Crippen molar-refractivity contribution in [3.63, 3.8) is 0 Å². The summed E-state index contributed by atoms with van der Waals surface area (Å²) >= 11 is -3.14. The molecule has 0 fully saturated rings. The third-order valence-corrected chi connectivity index (χ3v) is 138. The van der Waals surface area contributed by atoms with Crippen molar-refractivity contribution in [2.45, 2.75) is 196 Å². The third-order valence-electron chi connectivity index (χ3n) is 11.1. The Bertz CT molecular complexity index is 1180. The van der Waals surface area contributed by atoms with Crippen LogP contribution in [0.2, 0.25) is 173 Å². The van der Waals surface area contributed by atoms with Gasteiger partial charge in [-0.1, -0.05) is 0 Å². The molecule has 0 saturated heterocycles. The van der Waals surface area contributed by atoms with E-state index in [2.05, 4.69) is 171 Å². The Morgan fingerprint density at radius 3 is 0.620 bits per heavy atom. The summed E-state index contributed by atoms with van der Waals surface area (Å²) in [6.45, 7) is 83.2. The predicted octanol–water partition coefficient (Wildman–Crippen LogP) is 15.4. The molecule has 0 N–H and O–H groups in total. The van der Waals surface area contributed by atoms with Crippen LogP contribution in [-0.4, -0.2) is 93.3 Å². The molecule has 0 aliphatic rings. The Hall–Kier alpha value is 3.50. The molecule has 50 heavy (non-hydrogen) atoms. The Morgan fingerprint density at radius 2 is 0.500 bits per heavy atom. The Morgan fingerprint density at radius 1 is 0.360 bits per heavy atom. The van der Waals surface area contributed by atoms with E-state index in [1.807, 2.05) is 9.36 Å². The fourth-order valence-electron chi connectivity index (χ4n) is 12.0. The maximum atomic E-state index is 5.23. The van der Waals surface area contributed by atoms with Crippen LogP contribution in [-0.2, 0) is 0 Å². The molecule has 0 aliphatic carbocycles. The van der Waals surface area contributed by atoms with Crippen LogP contribution >= 0.6 is 30.2 Å². The van der Waals surface area contributed by atoms with Gasteiger partial charge in [-0.05, 0) is 0 Å². The summed E-state index contributed by atoms with van der Waals surface area (Å²) in [6, 6.07) is 0. The molecule has 0 spiro atoms. The zero-order chi connectivity index (χ0) is 40.3. The van der Waals surface area contributed by atoms with Crippen molar-refractivity contribution in [3.8, 4) is 0 Å². The Balaban J connectivity index is 4.31. The maximum absolute atomic E-state index is 5.23. The fraction of sp³-hybridized carbons (Fsp3) is 0.889. The normalized spacial score (nSPS) is 17.5. The molecule has 294 valence electrons. The quantitative estimate of drug-likeness (QED) is 0.145. The van der Waals surface area contributed by atoms with Gasteiger partial charge in [0.25, 0.3) is 0 Å². The number of hydrogen-bond donors (Lipinski definition) is 0. The van der Waals surface area contributed by atoms with Crippen LogP contribution in [0.15, 0.2) is 0 Å². The van der Waals surface area contributed by atoms with Crippen molar-refractivity contribution in [1.82, 2.24) is 0 Å². The van der Waals surface area contributed by atoms with Gasteiger partial charge in [-0.2, -0.15) is 0 Å². The van der Waals surface area contributed by atoms with Gasteiger partial charge >= 0.3 is 342 Å². The van der Waals surface area contributed by atoms with Gasteiger partial charge in [-0.3, -0.25) is 0 Å². The minimum absolute atomic E-state index is 0.140. The van der Waals surface area contributed by atoms with Crippen LogP contribution in [0.25, 0.3) is 13.2 Å². The Kier molecular flexibility index (Phi) is 17.9. The molecular weight excluding hydrogens is 926 g/mol. The summed E-state index contributed by atoms with van der Waals surface area (Å²) in [5.41, 5.74) is 0. The summed E-state index contributed by atoms with van der Waals surface area (Å²) in [6.07, 6.45) is 0. The van der Waals surface area contributed by atoms with Crippen LogP contribution in [0.4, 0.5) is 0 Å². The summed E-state index contributed by atoms with van der Waals surface area (Å²) in [7, 11) is -8.99. The minimum atomic E-state index is -1.57. The molecule has 4 unspecified atom stereocenters. The van der Waals surface area contributed by atoms with Crippen LogP contribution in [0, 0.1) is 0 Å². The van der Waals surface area contributed by atoms with Crippen molar-refractivity contribution >= 4 is 137 Å². The Labute approximate surface area is 338 Å². The van der Waals surface area contributed by atoms with E-state index in [-0.39, 0.29) is 14.4 Å². The van der Waals surface area contributed by atoms with Crippen molar-refractivity contribution < 1.29 is 0 Å². The standard InChI is InChI=1S/C36H90Ge2P4Si8/c1-29(37(33(43(5,6)7)44(8,9)10)34(45(11,12)13)46(14,15)16)41-31(3)40-42(32(4)39-41)30(2)38(35(47(17,18)19)48(20,21)22)36(49(23,24)25)50(26,27)28/h29-30,33-36,39-40H,3-4H2,1-2,5-28H3/t29-,30+,41?,42?. The summed E-state index contributed by atoms with van der Waals surface area (Å²) in [5.74, 6) is 0. The van der Waals surface area contributed by atoms with E-state index < -0.39 is 93.3 Å². The van der Waals surface area contributed by atoms with Gasteiger partial charge in [0.05, 0.1) is 0 Å². The average molecular weight is 1020 g/mol. The van der Waals surface area contributed by atoms with E-state index in [0.717, 1.165) is 40.7 Å². The molecule has 1 heterocycles. The number of hydrogen-bond acceptors (Lipinski definition) is 0. The zero-order valence-corrected chi connectivity index (χ0v) is 54.8. The molecule has 1 aromatic heterocycles. The van der Waals surface area contributed by atoms with Crippen LogP contribution in [0.3, 0.4) is 0 Å². The first-order valence-electron chi connectivity index (χ1n) is 19.8. The first-order chi connectivity index (χ1) is 21.6. The van der Waals surface area contributed by atoms with Crippen LogP contribution < -0.4 is 9.36 Å². The molecule has 2 radical (unpaired) electrons. The fourth-order valence-corrected chi connectivity index (χ4v) is 181. The molecule has 1 aromatic rings. The van der Waals surface area contributed by atoms with Gasteiger partial charge in [0.1, 0.15) is 0 Å². The molecule has 6 atom stereocenters. The second-order valence-corrected chi connectivity index (χ2v) is 105. The van der Waals surface area contributed by atoms with Crippen LogP contribution in [0.5, 0.6) is 0 Å². The molecule has 0 aromatic carbocycles. The monoisotopic (exact) mass is 1020 g/mol. The van der Waals surface area contributed by atoms with E-state index in [1.165, 1.54) is 0 Å². The molecule has 0 saturated carbocycles. The van der Waals surface area contributed by atoms with E-state index >= 15 is 0 Å². The summed E-state index contributed by atoms with van der Waals surface area (Å²) < 4.78 is 10.1. The third kappa shape index (κ3) is 13.3. The van der Waals surface area contributed by atoms with E-state index in [1.54, 1.807) is 0 Å². The van der Waals surface area contributed by atoms with Crippen molar-refractivity contribution in [2.24, 2.45) is 0 Å². The SMILES string of the molecule is C=c1[pH]p([C@H](C)[Ge]([CH]([Si](C)(C)C)[Si](C)(C)C)[CH]([Si](C)(C)C)[Si](C)(C)C)c(=C)[pH]p1[C@@H](C)[Ge]([CH]([Si](C)(C)C)[Si](C)(C)C)[CH]([Si](C)(C)C)[Si](C)(C)C. The van der Waals surface area contributed by atoms with Crippen molar-refractivity contribution in [2.75, 3.05) is 0 Å². The molecular formula is C36H90Ge2P4Si8. The van der Waals surface area contributed by atoms with Gasteiger partial charge in [-0.15, -0.1) is 0 Å². The van der Waals surface area contributed by atoms with Crippen molar-refractivity contribution in [3.05, 3.63) is 9.36 Å². The van der Waals surface area contributed by atoms with Gasteiger partial charge in [-0.25, -0.2) is 0 Å². The second kappa shape index (κ2) is 17.4. The van der Waals surface area contributed by atoms with Gasteiger partial charge < -0.3 is 0 Å². The van der Waals surface area contributed by atoms with Gasteiger partial charge in [0, 0.05) is 0 Å². The average Bonchev–Trinajstić information content (AvgIpc) is 2.76. The molecule has 14 heteroatoms. The second-order valence-electron chi connectivity index (χ2n) is 24.9. The molecule has 0 aliphatic heterocycles. The van der Waals surface area contributed by atoms with Gasteiger partial charge in [0.15, 0.2) is 0 Å². The molecule has 0 amide bonds. The number of rotatable bonds is 16. The first-order valence-corrected chi connectivity index (χ1v) is 62.2. The van der Waals surface area contributed by atoms with E-state index in [4.69, 9.17) is 13.2 Å². The van der Waals surface area contributed by atoms with Gasteiger partial charge in [0.2, 0.25) is 0 Å². The predicted molar refractivity (Wildman–Crippen MR) is 281 cm³/mol. The zero-order valence-electron chi connectivity index (χ0n) is 38.8. The topological polar surface area (TPSA) is 0 Å². The summed E-state index contributed by atoms with van der Waals surface area (Å²) in [5, 5.41) is 0. The van der Waals surface area contributed by atoms with E-state index in [0.29, 0.717) is 0 Å². The molecule has 0 bridgehead atoms. The van der Waals surface area contributed by atoms with Crippen LogP contribution in [0.1, 0.15) is 22.8 Å². The van der Waals surface area contributed by atoms with Crippen molar-refractivity contribution in [1.29, 1.82) is 0 Å².